The molecule has 2 heterocycles. The van der Waals surface area contributed by atoms with Crippen molar-refractivity contribution in [3.8, 4) is 5.75 Å². The summed E-state index contributed by atoms with van der Waals surface area (Å²) in [5.74, 6) is -0.539. The quantitative estimate of drug-likeness (QED) is 0.292. The van der Waals surface area contributed by atoms with E-state index in [0.29, 0.717) is 26.2 Å². The molecule has 0 atom stereocenters. The lowest BCUT2D eigenvalue weighted by atomic mass is 10.2. The molecule has 0 N–H and O–H groups in total. The van der Waals surface area contributed by atoms with Gasteiger partial charge in [0.2, 0.25) is 0 Å². The summed E-state index contributed by atoms with van der Waals surface area (Å²) in [6, 6.07) is 10.2. The Morgan fingerprint density at radius 2 is 1.90 bits per heavy atom. The lowest BCUT2D eigenvalue weighted by molar-refractivity contribution is -0.402. The van der Waals surface area contributed by atoms with E-state index in [9.17, 15) is 19.7 Å². The van der Waals surface area contributed by atoms with Gasteiger partial charge in [0.25, 0.3) is 5.91 Å². The second-order valence-electron chi connectivity index (χ2n) is 6.41. The third-order valence-corrected chi connectivity index (χ3v) is 4.57. The molecule has 30 heavy (non-hydrogen) atoms. The molecule has 1 fully saturated rings. The van der Waals surface area contributed by atoms with Gasteiger partial charge in [0.05, 0.1) is 18.9 Å². The normalized spacial score (nSPS) is 14.0. The maximum Gasteiger partial charge on any atom is 0.433 e. The number of piperazine rings is 1. The fraction of sp³-hybridized carbons (Fsp3) is 0.300. The zero-order valence-electron chi connectivity index (χ0n) is 16.4. The van der Waals surface area contributed by atoms with Crippen LogP contribution in [0.1, 0.15) is 5.76 Å². The summed E-state index contributed by atoms with van der Waals surface area (Å²) < 4.78 is 15.2. The molecule has 1 aliphatic heterocycles. The fourth-order valence-electron chi connectivity index (χ4n) is 3.04. The van der Waals surface area contributed by atoms with Crippen LogP contribution in [0.5, 0.6) is 5.75 Å². The number of hydrogen-bond acceptors (Lipinski definition) is 8. The van der Waals surface area contributed by atoms with Crippen LogP contribution in [0, 0.1) is 10.1 Å². The Balaban J connectivity index is 1.44. The van der Waals surface area contributed by atoms with Gasteiger partial charge in [0, 0.05) is 32.3 Å². The number of methoxy groups -OCH3 is 1. The molecule has 0 spiro atoms. The molecule has 1 saturated heterocycles. The molecule has 0 radical (unpaired) electrons. The van der Waals surface area contributed by atoms with E-state index in [1.54, 1.807) is 12.0 Å². The van der Waals surface area contributed by atoms with E-state index < -0.39 is 16.8 Å². The number of nitro groups is 1. The van der Waals surface area contributed by atoms with Crippen molar-refractivity contribution in [2.75, 3.05) is 44.8 Å². The van der Waals surface area contributed by atoms with Crippen molar-refractivity contribution in [1.82, 2.24) is 4.90 Å². The Labute approximate surface area is 172 Å². The second-order valence-corrected chi connectivity index (χ2v) is 6.41. The number of hydrogen-bond donors (Lipinski definition) is 0. The van der Waals surface area contributed by atoms with Crippen molar-refractivity contribution in [1.29, 1.82) is 0 Å². The minimum Gasteiger partial charge on any atom is -0.495 e. The van der Waals surface area contributed by atoms with Crippen molar-refractivity contribution >= 4 is 29.5 Å². The summed E-state index contributed by atoms with van der Waals surface area (Å²) in [5, 5.41) is 10.6. The van der Waals surface area contributed by atoms with E-state index in [4.69, 9.17) is 13.9 Å². The number of esters is 1. The Hall–Kier alpha value is -3.82. The highest BCUT2D eigenvalue weighted by molar-refractivity contribution is 5.89. The number of furan rings is 1. The summed E-state index contributed by atoms with van der Waals surface area (Å²) in [4.78, 5) is 37.7. The third kappa shape index (κ3) is 5.16. The van der Waals surface area contributed by atoms with Crippen molar-refractivity contribution in [3.05, 3.63) is 58.3 Å². The summed E-state index contributed by atoms with van der Waals surface area (Å²) in [6.07, 6.45) is 2.29. The SMILES string of the molecule is COc1ccccc1N1CCN(C(=O)COC(=O)/C=C/c2ccc([N+](=O)[O-])o2)CC1. The molecule has 0 unspecified atom stereocenters. The molecule has 0 bridgehead atoms. The monoisotopic (exact) mass is 415 g/mol. The van der Waals surface area contributed by atoms with E-state index in [1.165, 1.54) is 18.2 Å². The average Bonchev–Trinajstić information content (AvgIpc) is 3.25. The van der Waals surface area contributed by atoms with Crippen molar-refractivity contribution in [2.24, 2.45) is 0 Å². The van der Waals surface area contributed by atoms with Crippen LogP contribution in [-0.4, -0.2) is 61.6 Å². The number of rotatable bonds is 7. The van der Waals surface area contributed by atoms with Crippen LogP contribution in [0.2, 0.25) is 0 Å². The summed E-state index contributed by atoms with van der Waals surface area (Å²) in [5.41, 5.74) is 0.974. The van der Waals surface area contributed by atoms with Crippen LogP contribution in [0.25, 0.3) is 6.08 Å². The number of ether oxygens (including phenoxy) is 2. The average molecular weight is 415 g/mol. The molecule has 10 heteroatoms. The number of carbonyl (C=O) groups excluding carboxylic acids is 2. The Bertz CT molecular complexity index is 945. The smallest absolute Gasteiger partial charge is 0.433 e. The Kier molecular flexibility index (Phi) is 6.68. The predicted molar refractivity (Wildman–Crippen MR) is 107 cm³/mol. The molecule has 0 aliphatic carbocycles. The van der Waals surface area contributed by atoms with Crippen LogP contribution < -0.4 is 9.64 Å². The maximum absolute atomic E-state index is 12.3. The second kappa shape index (κ2) is 9.59. The summed E-state index contributed by atoms with van der Waals surface area (Å²) in [7, 11) is 1.62. The molecule has 1 amide bonds. The first-order valence-electron chi connectivity index (χ1n) is 9.22. The first-order valence-corrected chi connectivity index (χ1v) is 9.22. The van der Waals surface area contributed by atoms with Crippen LogP contribution in [0.4, 0.5) is 11.6 Å². The first kappa shape index (κ1) is 20.9. The van der Waals surface area contributed by atoms with Gasteiger partial charge in [0.1, 0.15) is 16.4 Å². The highest BCUT2D eigenvalue weighted by Crippen LogP contribution is 2.28. The van der Waals surface area contributed by atoms with Crippen molar-refractivity contribution in [3.63, 3.8) is 0 Å². The molecule has 3 rings (SSSR count). The van der Waals surface area contributed by atoms with Gasteiger partial charge in [-0.1, -0.05) is 12.1 Å². The van der Waals surface area contributed by atoms with E-state index in [0.717, 1.165) is 17.5 Å². The van der Waals surface area contributed by atoms with E-state index >= 15 is 0 Å². The lowest BCUT2D eigenvalue weighted by Gasteiger charge is -2.36. The highest BCUT2D eigenvalue weighted by Gasteiger charge is 2.23. The fourth-order valence-corrected chi connectivity index (χ4v) is 3.04. The molecule has 1 aliphatic rings. The molecule has 0 saturated carbocycles. The zero-order chi connectivity index (χ0) is 21.5. The van der Waals surface area contributed by atoms with Crippen LogP contribution in [0.3, 0.4) is 0 Å². The highest BCUT2D eigenvalue weighted by atomic mass is 16.6. The Morgan fingerprint density at radius 1 is 1.17 bits per heavy atom. The number of benzene rings is 1. The van der Waals surface area contributed by atoms with Gasteiger partial charge in [-0.25, -0.2) is 4.79 Å². The first-order chi connectivity index (χ1) is 14.5. The van der Waals surface area contributed by atoms with Crippen molar-refractivity contribution in [2.45, 2.75) is 0 Å². The predicted octanol–water partition coefficient (Wildman–Crippen LogP) is 2.10. The van der Waals surface area contributed by atoms with Gasteiger partial charge in [-0.15, -0.1) is 0 Å². The van der Waals surface area contributed by atoms with Gasteiger partial charge >= 0.3 is 11.9 Å². The standard InChI is InChI=1S/C20H21N3O7/c1-28-17-5-3-2-4-16(17)21-10-12-22(13-11-21)18(24)14-29-20(25)9-7-15-6-8-19(30-15)23(26)27/h2-9H,10-14H2,1H3/b9-7+. The molecule has 10 nitrogen and oxygen atoms in total. The van der Waals surface area contributed by atoms with E-state index in [2.05, 4.69) is 4.90 Å². The molecular formula is C20H21N3O7. The van der Waals surface area contributed by atoms with Gasteiger partial charge in [-0.05, 0) is 24.3 Å². The number of para-hydroxylation sites is 2. The van der Waals surface area contributed by atoms with Crippen LogP contribution >= 0.6 is 0 Å². The molecular weight excluding hydrogens is 394 g/mol. The minimum absolute atomic E-state index is 0.137. The third-order valence-electron chi connectivity index (χ3n) is 4.57. The van der Waals surface area contributed by atoms with Gasteiger partial charge in [-0.3, -0.25) is 14.9 Å². The zero-order valence-corrected chi connectivity index (χ0v) is 16.4. The Morgan fingerprint density at radius 3 is 2.57 bits per heavy atom. The largest absolute Gasteiger partial charge is 0.495 e. The van der Waals surface area contributed by atoms with Gasteiger partial charge < -0.3 is 23.7 Å². The van der Waals surface area contributed by atoms with Gasteiger partial charge in [-0.2, -0.15) is 0 Å². The van der Waals surface area contributed by atoms with Crippen molar-refractivity contribution < 1.29 is 28.4 Å². The molecule has 1 aromatic heterocycles. The topological polar surface area (TPSA) is 115 Å². The number of nitrogens with zero attached hydrogens (tertiary/aromatic N) is 3. The number of anilines is 1. The minimum atomic E-state index is -0.741. The van der Waals surface area contributed by atoms with E-state index in [-0.39, 0.29) is 18.3 Å². The summed E-state index contributed by atoms with van der Waals surface area (Å²) >= 11 is 0. The number of amides is 1. The molecule has 1 aromatic carbocycles. The molecule has 2 aromatic rings. The summed E-state index contributed by atoms with van der Waals surface area (Å²) in [6.45, 7) is 1.89. The van der Waals surface area contributed by atoms with E-state index in [1.807, 2.05) is 24.3 Å². The molecule has 158 valence electrons. The van der Waals surface area contributed by atoms with Crippen LogP contribution in [-0.2, 0) is 14.3 Å². The van der Waals surface area contributed by atoms with Crippen LogP contribution in [0.15, 0.2) is 46.9 Å². The lowest BCUT2D eigenvalue weighted by Crippen LogP contribution is -2.50. The maximum atomic E-state index is 12.3. The number of carbonyl (C=O) groups is 2. The van der Waals surface area contributed by atoms with Gasteiger partial charge in [0.15, 0.2) is 6.61 Å².